The molecule has 3 N–H and O–H groups in total. The average Bonchev–Trinajstić information content (AvgIpc) is 3.13. The van der Waals surface area contributed by atoms with Crippen molar-refractivity contribution in [3.63, 3.8) is 0 Å². The van der Waals surface area contributed by atoms with Gasteiger partial charge in [0, 0.05) is 10.4 Å². The van der Waals surface area contributed by atoms with Gasteiger partial charge in [-0.05, 0) is 54.4 Å². The number of amides is 3. The lowest BCUT2D eigenvalue weighted by molar-refractivity contribution is -0.120. The molecule has 0 fully saturated rings. The van der Waals surface area contributed by atoms with E-state index in [0.717, 1.165) is 19.3 Å². The predicted molar refractivity (Wildman–Crippen MR) is 114 cm³/mol. The Labute approximate surface area is 175 Å². The summed E-state index contributed by atoms with van der Waals surface area (Å²) in [6, 6.07) is 10.6. The van der Waals surface area contributed by atoms with E-state index in [9.17, 15) is 14.4 Å². The van der Waals surface area contributed by atoms with Gasteiger partial charge in [0.1, 0.15) is 0 Å². The quantitative estimate of drug-likeness (QED) is 0.673. The number of fused-ring (bicyclic) bond motifs is 1. The van der Waals surface area contributed by atoms with Crippen molar-refractivity contribution < 1.29 is 14.4 Å². The van der Waals surface area contributed by atoms with Crippen LogP contribution in [-0.4, -0.2) is 24.3 Å². The van der Waals surface area contributed by atoms with Crippen LogP contribution in [0.2, 0.25) is 0 Å². The van der Waals surface area contributed by atoms with Crippen molar-refractivity contribution in [2.45, 2.75) is 40.0 Å². The summed E-state index contributed by atoms with van der Waals surface area (Å²) in [5.41, 5.74) is 6.76. The Balaban J connectivity index is 1.48. The smallest absolute Gasteiger partial charge is 0.279 e. The van der Waals surface area contributed by atoms with Crippen LogP contribution in [0.15, 0.2) is 36.4 Å². The highest BCUT2D eigenvalue weighted by Gasteiger charge is 2.30. The van der Waals surface area contributed by atoms with Gasteiger partial charge < -0.3 is 5.32 Å². The zero-order valence-corrected chi connectivity index (χ0v) is 17.8. The fraction of sp³-hybridized carbons (Fsp3) is 0.409. The molecule has 29 heavy (non-hydrogen) atoms. The molecule has 0 aliphatic heterocycles. The minimum absolute atomic E-state index is 0.220. The van der Waals surface area contributed by atoms with Gasteiger partial charge in [-0.1, -0.05) is 39.0 Å². The van der Waals surface area contributed by atoms with Gasteiger partial charge in [-0.25, -0.2) is 0 Å². The maximum Gasteiger partial charge on any atom is 0.279 e. The summed E-state index contributed by atoms with van der Waals surface area (Å²) in [5, 5.41) is 2.52. The second-order valence-corrected chi connectivity index (χ2v) is 9.55. The van der Waals surface area contributed by atoms with Gasteiger partial charge in [0.25, 0.3) is 17.7 Å². The van der Waals surface area contributed by atoms with Crippen LogP contribution in [0.4, 0.5) is 0 Å². The highest BCUT2D eigenvalue weighted by molar-refractivity contribution is 7.14. The predicted octanol–water partition coefficient (Wildman–Crippen LogP) is 3.09. The lowest BCUT2D eigenvalue weighted by Crippen LogP contribution is -2.46. The molecule has 0 unspecified atom stereocenters. The molecular formula is C22H27N3O3S. The van der Waals surface area contributed by atoms with Gasteiger partial charge in [-0.15, -0.1) is 11.3 Å². The molecule has 1 aromatic heterocycles. The Morgan fingerprint density at radius 3 is 2.48 bits per heavy atom. The normalized spacial score (nSPS) is 15.9. The zero-order chi connectivity index (χ0) is 21.0. The molecule has 7 heteroatoms. The van der Waals surface area contributed by atoms with Crippen LogP contribution in [0.1, 0.15) is 57.7 Å². The van der Waals surface area contributed by atoms with Gasteiger partial charge in [0.05, 0.1) is 11.4 Å². The first-order valence-corrected chi connectivity index (χ1v) is 10.6. The summed E-state index contributed by atoms with van der Waals surface area (Å²) in [6.45, 7) is 6.56. The maximum absolute atomic E-state index is 12.4. The zero-order valence-electron chi connectivity index (χ0n) is 17.0. The fourth-order valence-electron chi connectivity index (χ4n) is 3.46. The molecule has 1 aliphatic carbocycles. The number of thiophene rings is 1. The van der Waals surface area contributed by atoms with E-state index in [1.165, 1.54) is 21.8 Å². The largest absolute Gasteiger partial charge is 0.343 e. The monoisotopic (exact) mass is 413 g/mol. The molecule has 0 saturated heterocycles. The van der Waals surface area contributed by atoms with Gasteiger partial charge in [-0.2, -0.15) is 0 Å². The molecule has 154 valence electrons. The molecule has 1 aromatic carbocycles. The molecule has 0 saturated carbocycles. The van der Waals surface area contributed by atoms with E-state index in [4.69, 9.17) is 0 Å². The number of hydrogen-bond acceptors (Lipinski definition) is 4. The lowest BCUT2D eigenvalue weighted by atomic mass is 9.72. The molecule has 0 radical (unpaired) electrons. The second-order valence-electron chi connectivity index (χ2n) is 8.42. The minimum atomic E-state index is -0.489. The van der Waals surface area contributed by atoms with E-state index in [1.807, 2.05) is 12.1 Å². The molecule has 1 aliphatic rings. The Morgan fingerprint density at radius 2 is 1.79 bits per heavy atom. The third-order valence-corrected chi connectivity index (χ3v) is 6.53. The molecule has 1 heterocycles. The topological polar surface area (TPSA) is 87.3 Å². The maximum atomic E-state index is 12.4. The summed E-state index contributed by atoms with van der Waals surface area (Å²) < 4.78 is 0. The standard InChI is InChI=1S/C22H27N3O3S/c1-22(2,3)16-9-10-17-15(11-16)12-18(29-17)21(28)25-24-19(26)13-23-20(27)14-7-5-4-6-8-14/h4-8,12,16H,9-11,13H2,1-3H3,(H,23,27)(H,24,26)(H,25,28)/t16-/m0/s1. The number of benzene rings is 1. The average molecular weight is 414 g/mol. The summed E-state index contributed by atoms with van der Waals surface area (Å²) in [7, 11) is 0. The molecule has 0 bridgehead atoms. The van der Waals surface area contributed by atoms with E-state index in [1.54, 1.807) is 24.3 Å². The van der Waals surface area contributed by atoms with Crippen LogP contribution in [0.3, 0.4) is 0 Å². The first-order valence-electron chi connectivity index (χ1n) is 9.78. The van der Waals surface area contributed by atoms with Gasteiger partial charge in [0.2, 0.25) is 0 Å². The molecule has 3 rings (SSSR count). The van der Waals surface area contributed by atoms with Crippen molar-refractivity contribution in [3.8, 4) is 0 Å². The first kappa shape index (κ1) is 21.0. The van der Waals surface area contributed by atoms with E-state index in [0.29, 0.717) is 16.4 Å². The van der Waals surface area contributed by atoms with E-state index in [2.05, 4.69) is 36.9 Å². The number of hydrazine groups is 1. The number of aryl methyl sites for hydroxylation is 1. The van der Waals surface area contributed by atoms with Crippen molar-refractivity contribution in [1.82, 2.24) is 16.2 Å². The third kappa shape index (κ3) is 5.44. The Morgan fingerprint density at radius 1 is 1.07 bits per heavy atom. The van der Waals surface area contributed by atoms with Crippen LogP contribution in [0, 0.1) is 11.3 Å². The molecular weight excluding hydrogens is 386 g/mol. The van der Waals surface area contributed by atoms with Gasteiger partial charge in [-0.3, -0.25) is 25.2 Å². The molecule has 2 aromatic rings. The van der Waals surface area contributed by atoms with Crippen molar-refractivity contribution in [3.05, 3.63) is 57.3 Å². The highest BCUT2D eigenvalue weighted by atomic mass is 32.1. The van der Waals surface area contributed by atoms with Crippen molar-refractivity contribution in [2.24, 2.45) is 11.3 Å². The van der Waals surface area contributed by atoms with Crippen LogP contribution in [0.25, 0.3) is 0 Å². The Hall–Kier alpha value is -2.67. The van der Waals surface area contributed by atoms with Crippen LogP contribution >= 0.6 is 11.3 Å². The number of carbonyl (C=O) groups excluding carboxylic acids is 3. The Bertz CT molecular complexity index is 900. The minimum Gasteiger partial charge on any atom is -0.343 e. The Kier molecular flexibility index (Phi) is 6.37. The molecule has 0 spiro atoms. The highest BCUT2D eigenvalue weighted by Crippen LogP contribution is 2.40. The van der Waals surface area contributed by atoms with Crippen LogP contribution in [-0.2, 0) is 17.6 Å². The third-order valence-electron chi connectivity index (χ3n) is 5.29. The van der Waals surface area contributed by atoms with Crippen molar-refractivity contribution >= 4 is 29.1 Å². The molecule has 3 amide bonds. The lowest BCUT2D eigenvalue weighted by Gasteiger charge is -2.33. The van der Waals surface area contributed by atoms with Crippen LogP contribution < -0.4 is 16.2 Å². The number of hydrogen-bond donors (Lipinski definition) is 3. The van der Waals surface area contributed by atoms with Crippen molar-refractivity contribution in [2.75, 3.05) is 6.54 Å². The summed E-state index contributed by atoms with van der Waals surface area (Å²) in [6.07, 6.45) is 3.11. The van der Waals surface area contributed by atoms with E-state index < -0.39 is 5.91 Å². The SMILES string of the molecule is CC(C)(C)[C@H]1CCc2sc(C(=O)NNC(=O)CNC(=O)c3ccccc3)cc2C1. The summed E-state index contributed by atoms with van der Waals surface area (Å²) >= 11 is 1.49. The van der Waals surface area contributed by atoms with Crippen LogP contribution in [0.5, 0.6) is 0 Å². The van der Waals surface area contributed by atoms with Gasteiger partial charge in [0.15, 0.2) is 0 Å². The second kappa shape index (κ2) is 8.78. The number of carbonyl (C=O) groups is 3. The number of rotatable bonds is 4. The fourth-order valence-corrected chi connectivity index (χ4v) is 4.56. The van der Waals surface area contributed by atoms with E-state index in [-0.39, 0.29) is 23.8 Å². The number of nitrogens with one attached hydrogen (secondary N) is 3. The van der Waals surface area contributed by atoms with E-state index >= 15 is 0 Å². The van der Waals surface area contributed by atoms with Gasteiger partial charge >= 0.3 is 0 Å². The molecule has 1 atom stereocenters. The first-order chi connectivity index (χ1) is 13.7. The summed E-state index contributed by atoms with van der Waals surface area (Å²) in [4.78, 5) is 38.1. The molecule has 6 nitrogen and oxygen atoms in total. The van der Waals surface area contributed by atoms with Crippen molar-refractivity contribution in [1.29, 1.82) is 0 Å². The summed E-state index contributed by atoms with van der Waals surface area (Å²) in [5.74, 6) is -0.559.